The standard InChI is InChI=1S/C22H29N3O3/c1-15-10-16(2)25(23-15)14-22(26)24-13-18-4-5-20(27-3)11-19(18)12-21(24)17-6-8-28-9-7-17/h4-5,10-11,17,21H,6-9,12-14H2,1-3H3/t21-/m0/s1. The summed E-state index contributed by atoms with van der Waals surface area (Å²) in [4.78, 5) is 15.4. The van der Waals surface area contributed by atoms with E-state index in [0.717, 1.165) is 49.6 Å². The van der Waals surface area contributed by atoms with Crippen LogP contribution >= 0.6 is 0 Å². The summed E-state index contributed by atoms with van der Waals surface area (Å²) in [5.41, 5.74) is 4.48. The number of hydrogen-bond acceptors (Lipinski definition) is 4. The van der Waals surface area contributed by atoms with Crippen molar-refractivity contribution in [2.24, 2.45) is 5.92 Å². The van der Waals surface area contributed by atoms with Crippen LogP contribution in [0, 0.1) is 19.8 Å². The van der Waals surface area contributed by atoms with Crippen LogP contribution in [0.3, 0.4) is 0 Å². The van der Waals surface area contributed by atoms with Gasteiger partial charge in [0.25, 0.3) is 0 Å². The maximum Gasteiger partial charge on any atom is 0.244 e. The Kier molecular flexibility index (Phi) is 5.40. The van der Waals surface area contributed by atoms with Gasteiger partial charge in [0.2, 0.25) is 5.91 Å². The average molecular weight is 383 g/mol. The zero-order valence-electron chi connectivity index (χ0n) is 17.0. The van der Waals surface area contributed by atoms with Crippen molar-refractivity contribution in [3.05, 3.63) is 46.8 Å². The molecule has 0 N–H and O–H groups in total. The molecule has 0 unspecified atom stereocenters. The predicted octanol–water partition coefficient (Wildman–Crippen LogP) is 2.89. The summed E-state index contributed by atoms with van der Waals surface area (Å²) in [7, 11) is 1.70. The predicted molar refractivity (Wildman–Crippen MR) is 106 cm³/mol. The number of methoxy groups -OCH3 is 1. The van der Waals surface area contributed by atoms with Gasteiger partial charge >= 0.3 is 0 Å². The number of aromatic nitrogens is 2. The van der Waals surface area contributed by atoms with E-state index in [4.69, 9.17) is 9.47 Å². The molecule has 6 heteroatoms. The second-order valence-electron chi connectivity index (χ2n) is 7.96. The quantitative estimate of drug-likeness (QED) is 0.815. The second-order valence-corrected chi connectivity index (χ2v) is 7.96. The lowest BCUT2D eigenvalue weighted by Crippen LogP contribution is -2.50. The lowest BCUT2D eigenvalue weighted by Gasteiger charge is -2.42. The Bertz CT molecular complexity index is 855. The molecule has 0 radical (unpaired) electrons. The highest BCUT2D eigenvalue weighted by atomic mass is 16.5. The number of carbonyl (C=O) groups is 1. The fourth-order valence-electron chi connectivity index (χ4n) is 4.56. The third-order valence-electron chi connectivity index (χ3n) is 6.10. The van der Waals surface area contributed by atoms with Crippen LogP contribution in [0.15, 0.2) is 24.3 Å². The monoisotopic (exact) mass is 383 g/mol. The van der Waals surface area contributed by atoms with Crippen molar-refractivity contribution in [1.82, 2.24) is 14.7 Å². The number of hydrogen-bond donors (Lipinski definition) is 0. The molecule has 0 saturated carbocycles. The first-order valence-corrected chi connectivity index (χ1v) is 10.1. The summed E-state index contributed by atoms with van der Waals surface area (Å²) in [6, 6.07) is 8.42. The second kappa shape index (κ2) is 7.95. The van der Waals surface area contributed by atoms with E-state index in [1.165, 1.54) is 11.1 Å². The lowest BCUT2D eigenvalue weighted by molar-refractivity contribution is -0.138. The number of rotatable bonds is 4. The molecule has 2 aliphatic rings. The van der Waals surface area contributed by atoms with Gasteiger partial charge < -0.3 is 14.4 Å². The maximum absolute atomic E-state index is 13.3. The molecule has 1 fully saturated rings. The van der Waals surface area contributed by atoms with Crippen molar-refractivity contribution in [2.75, 3.05) is 20.3 Å². The fourth-order valence-corrected chi connectivity index (χ4v) is 4.56. The molecule has 3 heterocycles. The van der Waals surface area contributed by atoms with Gasteiger partial charge in [-0.15, -0.1) is 0 Å². The van der Waals surface area contributed by atoms with E-state index < -0.39 is 0 Å². The van der Waals surface area contributed by atoms with Gasteiger partial charge in [0.15, 0.2) is 0 Å². The van der Waals surface area contributed by atoms with E-state index in [1.54, 1.807) is 7.11 Å². The van der Waals surface area contributed by atoms with E-state index in [1.807, 2.05) is 30.7 Å². The highest BCUT2D eigenvalue weighted by Crippen LogP contribution is 2.33. The van der Waals surface area contributed by atoms with E-state index >= 15 is 0 Å². The number of nitrogens with zero attached hydrogens (tertiary/aromatic N) is 3. The number of aryl methyl sites for hydroxylation is 2. The third-order valence-corrected chi connectivity index (χ3v) is 6.10. The number of carbonyl (C=O) groups excluding carboxylic acids is 1. The fraction of sp³-hybridized carbons (Fsp3) is 0.545. The van der Waals surface area contributed by atoms with Crippen LogP contribution in [-0.4, -0.2) is 47.0 Å². The van der Waals surface area contributed by atoms with Crippen LogP contribution in [0.5, 0.6) is 5.75 Å². The molecule has 0 aliphatic carbocycles. The largest absolute Gasteiger partial charge is 0.497 e. The Morgan fingerprint density at radius 2 is 2.00 bits per heavy atom. The smallest absolute Gasteiger partial charge is 0.244 e. The molecule has 1 aromatic heterocycles. The molecule has 1 aromatic carbocycles. The van der Waals surface area contributed by atoms with Crippen molar-refractivity contribution in [3.8, 4) is 5.75 Å². The maximum atomic E-state index is 13.3. The van der Waals surface area contributed by atoms with Crippen LogP contribution in [0.4, 0.5) is 0 Å². The van der Waals surface area contributed by atoms with E-state index in [0.29, 0.717) is 19.0 Å². The number of amides is 1. The summed E-state index contributed by atoms with van der Waals surface area (Å²) in [6.07, 6.45) is 2.89. The summed E-state index contributed by atoms with van der Waals surface area (Å²) in [6.45, 7) is 6.48. The summed E-state index contributed by atoms with van der Waals surface area (Å²) in [5, 5.41) is 4.48. The molecule has 4 rings (SSSR count). The highest BCUT2D eigenvalue weighted by molar-refractivity contribution is 5.77. The van der Waals surface area contributed by atoms with Crippen LogP contribution in [0.1, 0.15) is 35.4 Å². The number of ether oxygens (including phenoxy) is 2. The first-order valence-electron chi connectivity index (χ1n) is 10.1. The third kappa shape index (κ3) is 3.78. The van der Waals surface area contributed by atoms with Gasteiger partial charge in [-0.25, -0.2) is 0 Å². The van der Waals surface area contributed by atoms with Gasteiger partial charge in [-0.05, 0) is 68.4 Å². The first-order chi connectivity index (χ1) is 13.5. The molecule has 2 aliphatic heterocycles. The number of benzene rings is 1. The molecular weight excluding hydrogens is 354 g/mol. The highest BCUT2D eigenvalue weighted by Gasteiger charge is 2.36. The van der Waals surface area contributed by atoms with Crippen molar-refractivity contribution in [2.45, 2.75) is 52.2 Å². The lowest BCUT2D eigenvalue weighted by atomic mass is 9.82. The van der Waals surface area contributed by atoms with E-state index in [-0.39, 0.29) is 11.9 Å². The average Bonchev–Trinajstić information content (AvgIpc) is 3.03. The van der Waals surface area contributed by atoms with Crippen LogP contribution in [0.2, 0.25) is 0 Å². The van der Waals surface area contributed by atoms with Crippen LogP contribution in [0.25, 0.3) is 0 Å². The van der Waals surface area contributed by atoms with Crippen molar-refractivity contribution < 1.29 is 14.3 Å². The van der Waals surface area contributed by atoms with E-state index in [9.17, 15) is 4.79 Å². The molecule has 1 atom stereocenters. The minimum absolute atomic E-state index is 0.143. The molecule has 1 amide bonds. The molecule has 150 valence electrons. The molecule has 0 spiro atoms. The minimum atomic E-state index is 0.143. The van der Waals surface area contributed by atoms with Gasteiger partial charge in [-0.1, -0.05) is 6.07 Å². The summed E-state index contributed by atoms with van der Waals surface area (Å²) < 4.78 is 12.8. The molecule has 0 bridgehead atoms. The Morgan fingerprint density at radius 1 is 1.21 bits per heavy atom. The topological polar surface area (TPSA) is 56.6 Å². The molecular formula is C22H29N3O3. The van der Waals surface area contributed by atoms with Gasteiger partial charge in [-0.2, -0.15) is 5.10 Å². The van der Waals surface area contributed by atoms with Gasteiger partial charge in [0, 0.05) is 31.5 Å². The van der Waals surface area contributed by atoms with E-state index in [2.05, 4.69) is 22.1 Å². The Labute approximate surface area is 166 Å². The van der Waals surface area contributed by atoms with Gasteiger partial charge in [0.05, 0.1) is 12.8 Å². The zero-order chi connectivity index (χ0) is 19.7. The van der Waals surface area contributed by atoms with Crippen LogP contribution < -0.4 is 4.74 Å². The Balaban J connectivity index is 1.61. The molecule has 28 heavy (non-hydrogen) atoms. The normalized spacial score (nSPS) is 20.1. The minimum Gasteiger partial charge on any atom is -0.497 e. The SMILES string of the molecule is COc1ccc2c(c1)C[C@@H](C1CCOCC1)N(C(=O)Cn1nc(C)cc1C)C2. The Hall–Kier alpha value is -2.34. The molecule has 6 nitrogen and oxygen atoms in total. The molecule has 2 aromatic rings. The van der Waals surface area contributed by atoms with Gasteiger partial charge in [-0.3, -0.25) is 9.48 Å². The summed E-state index contributed by atoms with van der Waals surface area (Å²) >= 11 is 0. The zero-order valence-corrected chi connectivity index (χ0v) is 17.0. The first kappa shape index (κ1) is 19.0. The van der Waals surface area contributed by atoms with Crippen molar-refractivity contribution in [1.29, 1.82) is 0 Å². The molecule has 1 saturated heterocycles. The summed E-state index contributed by atoms with van der Waals surface area (Å²) in [5.74, 6) is 1.49. The Morgan fingerprint density at radius 3 is 2.68 bits per heavy atom. The van der Waals surface area contributed by atoms with Crippen molar-refractivity contribution >= 4 is 5.91 Å². The van der Waals surface area contributed by atoms with Crippen LogP contribution in [-0.2, 0) is 29.0 Å². The number of fused-ring (bicyclic) bond motifs is 1. The van der Waals surface area contributed by atoms with Crippen molar-refractivity contribution in [3.63, 3.8) is 0 Å². The van der Waals surface area contributed by atoms with Gasteiger partial charge in [0.1, 0.15) is 12.3 Å².